The van der Waals surface area contributed by atoms with Crippen LogP contribution < -0.4 is 5.32 Å². The number of likely N-dealkylation sites (N-methyl/N-ethyl adjacent to an activating group) is 1. The predicted molar refractivity (Wildman–Crippen MR) is 52.9 cm³/mol. The summed E-state index contributed by atoms with van der Waals surface area (Å²) in [5.74, 6) is 0. The van der Waals surface area contributed by atoms with E-state index in [1.54, 1.807) is 0 Å². The lowest BCUT2D eigenvalue weighted by Gasteiger charge is -2.21. The van der Waals surface area contributed by atoms with Crippen molar-refractivity contribution in [3.05, 3.63) is 0 Å². The highest BCUT2D eigenvalue weighted by Crippen LogP contribution is 2.15. The van der Waals surface area contributed by atoms with Crippen molar-refractivity contribution >= 4 is 0 Å². The van der Waals surface area contributed by atoms with Crippen LogP contribution >= 0.6 is 0 Å². The van der Waals surface area contributed by atoms with E-state index in [1.807, 2.05) is 0 Å². The molecule has 13 heavy (non-hydrogen) atoms. The first kappa shape index (κ1) is 9.44. The lowest BCUT2D eigenvalue weighted by atomic mass is 10.1. The maximum atomic E-state index is 5.53. The Morgan fingerprint density at radius 1 is 1.38 bits per heavy atom. The second-order valence-electron chi connectivity index (χ2n) is 4.39. The number of rotatable bonds is 2. The molecule has 2 aliphatic rings. The van der Waals surface area contributed by atoms with Gasteiger partial charge in [0.05, 0.1) is 6.10 Å². The minimum atomic E-state index is 0.408. The van der Waals surface area contributed by atoms with E-state index in [0.717, 1.165) is 6.61 Å². The van der Waals surface area contributed by atoms with Gasteiger partial charge in [-0.05, 0) is 33.4 Å². The lowest BCUT2D eigenvalue weighted by Crippen LogP contribution is -2.43. The van der Waals surface area contributed by atoms with Crippen LogP contribution in [0.15, 0.2) is 0 Å². The Balaban J connectivity index is 1.77. The van der Waals surface area contributed by atoms with Gasteiger partial charge in [0.15, 0.2) is 0 Å². The van der Waals surface area contributed by atoms with Crippen LogP contribution in [0.4, 0.5) is 0 Å². The molecule has 0 aliphatic carbocycles. The van der Waals surface area contributed by atoms with Gasteiger partial charge >= 0.3 is 0 Å². The molecule has 0 bridgehead atoms. The normalized spacial score (nSPS) is 41.5. The highest BCUT2D eigenvalue weighted by atomic mass is 16.5. The number of ether oxygens (including phenoxy) is 1. The molecule has 0 aromatic heterocycles. The molecule has 3 nitrogen and oxygen atoms in total. The maximum Gasteiger partial charge on any atom is 0.0700 e. The molecule has 2 heterocycles. The zero-order valence-corrected chi connectivity index (χ0v) is 8.62. The minimum Gasteiger partial charge on any atom is -0.377 e. The molecule has 0 unspecified atom stereocenters. The molecule has 3 atom stereocenters. The van der Waals surface area contributed by atoms with Gasteiger partial charge in [-0.2, -0.15) is 0 Å². The van der Waals surface area contributed by atoms with Crippen molar-refractivity contribution in [2.45, 2.75) is 38.0 Å². The Bertz CT molecular complexity index is 174. The largest absolute Gasteiger partial charge is 0.377 e. The molecule has 0 amide bonds. The van der Waals surface area contributed by atoms with Crippen molar-refractivity contribution in [2.24, 2.45) is 0 Å². The molecule has 0 radical (unpaired) electrons. The van der Waals surface area contributed by atoms with E-state index >= 15 is 0 Å². The van der Waals surface area contributed by atoms with Gasteiger partial charge in [-0.3, -0.25) is 0 Å². The number of nitrogens with one attached hydrogen (secondary N) is 1. The molecule has 2 rings (SSSR count). The summed E-state index contributed by atoms with van der Waals surface area (Å²) in [7, 11) is 2.19. The minimum absolute atomic E-state index is 0.408. The highest BCUT2D eigenvalue weighted by molar-refractivity contribution is 4.87. The quantitative estimate of drug-likeness (QED) is 0.674. The summed E-state index contributed by atoms with van der Waals surface area (Å²) in [5, 5.41) is 3.69. The predicted octanol–water partition coefficient (Wildman–Crippen LogP) is 0.458. The molecule has 2 saturated heterocycles. The smallest absolute Gasteiger partial charge is 0.0700 e. The molecule has 0 spiro atoms. The summed E-state index contributed by atoms with van der Waals surface area (Å²) in [5.41, 5.74) is 0. The SMILES string of the molecule is C[C@@H]1OCC[C@@H]1N[C@H]1CCN(C)C1. The molecule has 3 heteroatoms. The zero-order valence-electron chi connectivity index (χ0n) is 8.62. The van der Waals surface area contributed by atoms with Crippen LogP contribution in [0.2, 0.25) is 0 Å². The summed E-state index contributed by atoms with van der Waals surface area (Å²) in [6, 6.07) is 1.29. The van der Waals surface area contributed by atoms with Crippen LogP contribution in [-0.2, 0) is 4.74 Å². The van der Waals surface area contributed by atoms with Crippen molar-refractivity contribution in [3.63, 3.8) is 0 Å². The van der Waals surface area contributed by atoms with E-state index in [1.165, 1.54) is 25.9 Å². The van der Waals surface area contributed by atoms with Crippen LogP contribution in [0.5, 0.6) is 0 Å². The third-order valence-corrected chi connectivity index (χ3v) is 3.22. The highest BCUT2D eigenvalue weighted by Gasteiger charge is 2.28. The molecule has 76 valence electrons. The van der Waals surface area contributed by atoms with E-state index < -0.39 is 0 Å². The van der Waals surface area contributed by atoms with Crippen LogP contribution in [-0.4, -0.2) is 49.8 Å². The standard InChI is InChI=1S/C10H20N2O/c1-8-10(4-6-13-8)11-9-3-5-12(2)7-9/h8-11H,3-7H2,1-2H3/t8-,9-,10-/m0/s1. The molecular weight excluding hydrogens is 164 g/mol. The number of likely N-dealkylation sites (tertiary alicyclic amines) is 1. The summed E-state index contributed by atoms with van der Waals surface area (Å²) in [4.78, 5) is 2.39. The van der Waals surface area contributed by atoms with Crippen LogP contribution in [0.25, 0.3) is 0 Å². The topological polar surface area (TPSA) is 24.5 Å². The van der Waals surface area contributed by atoms with E-state index in [2.05, 4.69) is 24.2 Å². The van der Waals surface area contributed by atoms with Gasteiger partial charge in [0.2, 0.25) is 0 Å². The summed E-state index contributed by atoms with van der Waals surface area (Å²) in [6.07, 6.45) is 2.88. The summed E-state index contributed by atoms with van der Waals surface area (Å²) < 4.78 is 5.53. The van der Waals surface area contributed by atoms with E-state index in [4.69, 9.17) is 4.74 Å². The second-order valence-corrected chi connectivity index (χ2v) is 4.39. The Labute approximate surface area is 80.4 Å². The van der Waals surface area contributed by atoms with Crippen molar-refractivity contribution in [1.82, 2.24) is 10.2 Å². The fourth-order valence-corrected chi connectivity index (χ4v) is 2.32. The van der Waals surface area contributed by atoms with Gasteiger partial charge in [0.25, 0.3) is 0 Å². The third kappa shape index (κ3) is 2.22. The van der Waals surface area contributed by atoms with Crippen molar-refractivity contribution < 1.29 is 4.74 Å². The van der Waals surface area contributed by atoms with Crippen molar-refractivity contribution in [2.75, 3.05) is 26.7 Å². The van der Waals surface area contributed by atoms with E-state index in [-0.39, 0.29) is 0 Å². The Morgan fingerprint density at radius 2 is 2.23 bits per heavy atom. The Morgan fingerprint density at radius 3 is 2.77 bits per heavy atom. The molecular formula is C10H20N2O. The maximum absolute atomic E-state index is 5.53. The van der Waals surface area contributed by atoms with Gasteiger partial charge in [-0.15, -0.1) is 0 Å². The molecule has 2 aliphatic heterocycles. The third-order valence-electron chi connectivity index (χ3n) is 3.22. The molecule has 0 aromatic carbocycles. The molecule has 0 aromatic rings. The number of hydrogen-bond acceptors (Lipinski definition) is 3. The van der Waals surface area contributed by atoms with Gasteiger partial charge in [-0.25, -0.2) is 0 Å². The average molecular weight is 184 g/mol. The van der Waals surface area contributed by atoms with E-state index in [0.29, 0.717) is 18.2 Å². The first-order valence-electron chi connectivity index (χ1n) is 5.32. The zero-order chi connectivity index (χ0) is 9.26. The fourth-order valence-electron chi connectivity index (χ4n) is 2.32. The lowest BCUT2D eigenvalue weighted by molar-refractivity contribution is 0.111. The van der Waals surface area contributed by atoms with E-state index in [9.17, 15) is 0 Å². The molecule has 1 N–H and O–H groups in total. The monoisotopic (exact) mass is 184 g/mol. The van der Waals surface area contributed by atoms with Gasteiger partial charge in [0, 0.05) is 25.2 Å². The average Bonchev–Trinajstić information content (AvgIpc) is 2.64. The van der Waals surface area contributed by atoms with Gasteiger partial charge in [0.1, 0.15) is 0 Å². The number of hydrogen-bond donors (Lipinski definition) is 1. The van der Waals surface area contributed by atoms with Crippen molar-refractivity contribution in [1.29, 1.82) is 0 Å². The summed E-state index contributed by atoms with van der Waals surface area (Å²) >= 11 is 0. The Hall–Kier alpha value is -0.120. The van der Waals surface area contributed by atoms with Crippen molar-refractivity contribution in [3.8, 4) is 0 Å². The van der Waals surface area contributed by atoms with Gasteiger partial charge in [-0.1, -0.05) is 0 Å². The second kappa shape index (κ2) is 3.95. The first-order chi connectivity index (χ1) is 6.25. The van der Waals surface area contributed by atoms with Crippen LogP contribution in [0, 0.1) is 0 Å². The molecule has 0 saturated carbocycles. The summed E-state index contributed by atoms with van der Waals surface area (Å²) in [6.45, 7) is 5.54. The fraction of sp³-hybridized carbons (Fsp3) is 1.00. The van der Waals surface area contributed by atoms with Gasteiger partial charge < -0.3 is 15.0 Å². The molecule has 2 fully saturated rings. The van der Waals surface area contributed by atoms with Crippen LogP contribution in [0.3, 0.4) is 0 Å². The van der Waals surface area contributed by atoms with Crippen LogP contribution in [0.1, 0.15) is 19.8 Å². The Kier molecular flexibility index (Phi) is 2.86. The first-order valence-corrected chi connectivity index (χ1v) is 5.32. The number of nitrogens with zero attached hydrogens (tertiary/aromatic N) is 1.